The molecule has 2 aromatic rings. The Balaban J connectivity index is 1.71. The zero-order valence-corrected chi connectivity index (χ0v) is 16.1. The lowest BCUT2D eigenvalue weighted by molar-refractivity contribution is -0.129. The Morgan fingerprint density at radius 3 is 2.48 bits per heavy atom. The van der Waals surface area contributed by atoms with E-state index < -0.39 is 12.2 Å². The number of hydrogen-bond donors (Lipinski definition) is 2. The van der Waals surface area contributed by atoms with E-state index in [4.69, 9.17) is 5.73 Å². The van der Waals surface area contributed by atoms with Gasteiger partial charge in [-0.25, -0.2) is 4.99 Å². The van der Waals surface area contributed by atoms with Crippen LogP contribution in [-0.2, 0) is 16.9 Å². The molecule has 3 heterocycles. The standard InChI is InChI=1S/C20H23F2N5O2/c1-26-17(28)20(25-19(26)23,13-4-7-15(8-5-13)29-18(21)22)16-9-6-14(24-16)12-27-10-2-3-11-27/h4-9,18,24H,2-3,10-12H2,1H3,(H2,23,25). The number of ether oxygens (including phenoxy) is 1. The van der Waals surface area contributed by atoms with Gasteiger partial charge < -0.3 is 15.5 Å². The average Bonchev–Trinajstić information content (AvgIpc) is 3.41. The number of benzene rings is 1. The first kappa shape index (κ1) is 19.4. The molecule has 0 radical (unpaired) electrons. The third-order valence-corrected chi connectivity index (χ3v) is 5.47. The number of nitrogens with two attached hydrogens (primary N) is 1. The highest BCUT2D eigenvalue weighted by atomic mass is 19.3. The minimum atomic E-state index is -2.92. The van der Waals surface area contributed by atoms with Crippen LogP contribution in [0, 0.1) is 0 Å². The van der Waals surface area contributed by atoms with Crippen molar-refractivity contribution in [3.8, 4) is 5.75 Å². The predicted octanol–water partition coefficient (Wildman–Crippen LogP) is 2.24. The maximum Gasteiger partial charge on any atom is 0.387 e. The maximum atomic E-state index is 13.2. The van der Waals surface area contributed by atoms with E-state index in [0.717, 1.165) is 25.3 Å². The summed E-state index contributed by atoms with van der Waals surface area (Å²) in [5.41, 5.74) is 6.67. The van der Waals surface area contributed by atoms with Crippen LogP contribution >= 0.6 is 0 Å². The van der Waals surface area contributed by atoms with Crippen molar-refractivity contribution in [2.24, 2.45) is 10.7 Å². The number of H-pyrrole nitrogens is 1. The Bertz CT molecular complexity index is 921. The van der Waals surface area contributed by atoms with Gasteiger partial charge in [-0.15, -0.1) is 0 Å². The van der Waals surface area contributed by atoms with Gasteiger partial charge in [0.15, 0.2) is 5.96 Å². The number of aliphatic imine (C=N–C) groups is 1. The highest BCUT2D eigenvalue weighted by molar-refractivity contribution is 6.08. The second-order valence-electron chi connectivity index (χ2n) is 7.33. The van der Waals surface area contributed by atoms with Gasteiger partial charge in [-0.05, 0) is 55.8 Å². The van der Waals surface area contributed by atoms with Gasteiger partial charge in [0, 0.05) is 19.3 Å². The van der Waals surface area contributed by atoms with E-state index in [9.17, 15) is 13.6 Å². The number of hydrogen-bond acceptors (Lipinski definition) is 5. The second kappa shape index (κ2) is 7.47. The van der Waals surface area contributed by atoms with Gasteiger partial charge in [0.05, 0.1) is 5.69 Å². The molecule has 1 aromatic heterocycles. The lowest BCUT2D eigenvalue weighted by atomic mass is 9.86. The first-order valence-electron chi connectivity index (χ1n) is 9.49. The van der Waals surface area contributed by atoms with Crippen LogP contribution in [0.1, 0.15) is 29.8 Å². The molecule has 0 aliphatic carbocycles. The molecule has 3 N–H and O–H groups in total. The van der Waals surface area contributed by atoms with Crippen molar-refractivity contribution in [2.75, 3.05) is 20.1 Å². The van der Waals surface area contributed by atoms with Crippen LogP contribution in [0.15, 0.2) is 41.4 Å². The Morgan fingerprint density at radius 1 is 1.21 bits per heavy atom. The first-order valence-corrected chi connectivity index (χ1v) is 9.49. The van der Waals surface area contributed by atoms with Crippen molar-refractivity contribution in [1.29, 1.82) is 0 Å². The van der Waals surface area contributed by atoms with Crippen molar-refractivity contribution in [3.05, 3.63) is 53.3 Å². The molecule has 9 heteroatoms. The van der Waals surface area contributed by atoms with Gasteiger partial charge in [-0.3, -0.25) is 14.6 Å². The molecular formula is C20H23F2N5O2. The number of likely N-dealkylation sites (N-methyl/N-ethyl adjacent to an activating group) is 1. The molecule has 154 valence electrons. The SMILES string of the molecule is CN1C(=O)C(c2ccc(OC(F)F)cc2)(c2ccc(CN3CCCC3)[nH]2)N=C1N. The number of alkyl halides is 2. The molecule has 7 nitrogen and oxygen atoms in total. The third-order valence-electron chi connectivity index (χ3n) is 5.47. The van der Waals surface area contributed by atoms with Crippen molar-refractivity contribution in [1.82, 2.24) is 14.8 Å². The minimum absolute atomic E-state index is 0.0101. The van der Waals surface area contributed by atoms with Gasteiger partial charge >= 0.3 is 6.61 Å². The van der Waals surface area contributed by atoms with Crippen LogP contribution in [0.25, 0.3) is 0 Å². The Labute approximate surface area is 167 Å². The Morgan fingerprint density at radius 2 is 1.90 bits per heavy atom. The van der Waals surface area contributed by atoms with E-state index in [1.165, 1.54) is 29.9 Å². The summed E-state index contributed by atoms with van der Waals surface area (Å²) in [5, 5.41) is 0. The van der Waals surface area contributed by atoms with Crippen molar-refractivity contribution in [3.63, 3.8) is 0 Å². The van der Waals surface area contributed by atoms with Crippen molar-refractivity contribution < 1.29 is 18.3 Å². The molecule has 2 aliphatic rings. The number of rotatable bonds is 6. The molecule has 1 unspecified atom stereocenters. The maximum absolute atomic E-state index is 13.2. The number of halogens is 2. The number of likely N-dealkylation sites (tertiary alicyclic amines) is 1. The molecule has 0 saturated carbocycles. The zero-order chi connectivity index (χ0) is 20.6. The zero-order valence-electron chi connectivity index (χ0n) is 16.1. The molecule has 29 heavy (non-hydrogen) atoms. The van der Waals surface area contributed by atoms with Gasteiger partial charge in [0.1, 0.15) is 5.75 Å². The van der Waals surface area contributed by atoms with Crippen molar-refractivity contribution >= 4 is 11.9 Å². The number of aromatic nitrogens is 1. The van der Waals surface area contributed by atoms with Gasteiger partial charge in [0.25, 0.3) is 5.91 Å². The summed E-state index contributed by atoms with van der Waals surface area (Å²) in [6, 6.07) is 9.70. The largest absolute Gasteiger partial charge is 0.435 e. The molecule has 1 aromatic carbocycles. The summed E-state index contributed by atoms with van der Waals surface area (Å²) in [4.78, 5) is 24.7. The van der Waals surface area contributed by atoms with Crippen LogP contribution in [-0.4, -0.2) is 53.4 Å². The average molecular weight is 403 g/mol. The van der Waals surface area contributed by atoms with E-state index in [0.29, 0.717) is 11.3 Å². The van der Waals surface area contributed by atoms with Crippen LogP contribution in [0.2, 0.25) is 0 Å². The van der Waals surface area contributed by atoms with E-state index in [1.54, 1.807) is 19.2 Å². The smallest absolute Gasteiger partial charge is 0.387 e. The molecule has 1 atom stereocenters. The summed E-state index contributed by atoms with van der Waals surface area (Å²) >= 11 is 0. The first-order chi connectivity index (χ1) is 13.9. The van der Waals surface area contributed by atoms with E-state index >= 15 is 0 Å². The topological polar surface area (TPSA) is 87.0 Å². The Hall–Kier alpha value is -2.94. The number of carbonyl (C=O) groups excluding carboxylic acids is 1. The number of guanidine groups is 1. The third kappa shape index (κ3) is 3.46. The quantitative estimate of drug-likeness (QED) is 0.775. The molecular weight excluding hydrogens is 380 g/mol. The molecule has 1 amide bonds. The van der Waals surface area contributed by atoms with Crippen LogP contribution < -0.4 is 10.5 Å². The van der Waals surface area contributed by atoms with Gasteiger partial charge in [-0.2, -0.15) is 8.78 Å². The fourth-order valence-corrected chi connectivity index (χ4v) is 3.96. The fourth-order valence-electron chi connectivity index (χ4n) is 3.96. The summed E-state index contributed by atoms with van der Waals surface area (Å²) < 4.78 is 29.3. The number of nitrogens with one attached hydrogen (secondary N) is 1. The summed E-state index contributed by atoms with van der Waals surface area (Å²) in [6.07, 6.45) is 2.38. The summed E-state index contributed by atoms with van der Waals surface area (Å²) in [6.45, 7) is -0.0461. The molecule has 1 saturated heterocycles. The van der Waals surface area contributed by atoms with E-state index in [2.05, 4.69) is 19.6 Å². The number of aromatic amines is 1. The summed E-state index contributed by atoms with van der Waals surface area (Å²) in [7, 11) is 1.56. The molecule has 0 bridgehead atoms. The van der Waals surface area contributed by atoms with Crippen LogP contribution in [0.4, 0.5) is 8.78 Å². The van der Waals surface area contributed by atoms with E-state index in [-0.39, 0.29) is 17.6 Å². The summed E-state index contributed by atoms with van der Waals surface area (Å²) in [5.74, 6) is -0.207. The molecule has 1 fully saturated rings. The minimum Gasteiger partial charge on any atom is -0.435 e. The highest BCUT2D eigenvalue weighted by Gasteiger charge is 2.50. The molecule has 2 aliphatic heterocycles. The van der Waals surface area contributed by atoms with Crippen LogP contribution in [0.3, 0.4) is 0 Å². The van der Waals surface area contributed by atoms with Crippen LogP contribution in [0.5, 0.6) is 5.75 Å². The number of amides is 1. The fraction of sp³-hybridized carbons (Fsp3) is 0.400. The normalized spacial score (nSPS) is 22.6. The van der Waals surface area contributed by atoms with Gasteiger partial charge in [-0.1, -0.05) is 12.1 Å². The lowest BCUT2D eigenvalue weighted by Crippen LogP contribution is -2.41. The number of nitrogens with zero attached hydrogens (tertiary/aromatic N) is 3. The van der Waals surface area contributed by atoms with E-state index in [1.807, 2.05) is 12.1 Å². The predicted molar refractivity (Wildman–Crippen MR) is 104 cm³/mol. The second-order valence-corrected chi connectivity index (χ2v) is 7.33. The van der Waals surface area contributed by atoms with Gasteiger partial charge in [0.2, 0.25) is 5.54 Å². The molecule has 0 spiro atoms. The monoisotopic (exact) mass is 403 g/mol. The Kier molecular flexibility index (Phi) is 4.99. The molecule has 4 rings (SSSR count). The van der Waals surface area contributed by atoms with Crippen molar-refractivity contribution in [2.45, 2.75) is 31.5 Å². The lowest BCUT2D eigenvalue weighted by Gasteiger charge is -2.25. The number of carbonyl (C=O) groups is 1. The highest BCUT2D eigenvalue weighted by Crippen LogP contribution is 2.39.